The number of hydrogen-bond donors (Lipinski definition) is 0. The van der Waals surface area contributed by atoms with Crippen LogP contribution in [0.5, 0.6) is 11.5 Å². The number of aryl methyl sites for hydroxylation is 1. The van der Waals surface area contributed by atoms with Crippen LogP contribution in [0.25, 0.3) is 0 Å². The highest BCUT2D eigenvalue weighted by atomic mass is 16.5. The number of rotatable bonds is 5. The van der Waals surface area contributed by atoms with Crippen LogP contribution in [-0.2, 0) is 11.2 Å². The molecule has 1 amide bonds. The highest BCUT2D eigenvalue weighted by Gasteiger charge is 2.23. The van der Waals surface area contributed by atoms with Crippen LogP contribution in [0, 0.1) is 6.92 Å². The lowest BCUT2D eigenvalue weighted by Gasteiger charge is -2.36. The zero-order valence-corrected chi connectivity index (χ0v) is 15.7. The number of methoxy groups -OCH3 is 2. The molecule has 0 N–H and O–H groups in total. The van der Waals surface area contributed by atoms with Crippen LogP contribution in [0.15, 0.2) is 42.5 Å². The van der Waals surface area contributed by atoms with Gasteiger partial charge in [0.15, 0.2) is 0 Å². The molecule has 1 saturated heterocycles. The zero-order chi connectivity index (χ0) is 18.5. The molecule has 5 nitrogen and oxygen atoms in total. The minimum absolute atomic E-state index is 0.147. The number of para-hydroxylation sites is 2. The Labute approximate surface area is 155 Å². The number of nitrogens with zero attached hydrogens (tertiary/aromatic N) is 2. The van der Waals surface area contributed by atoms with Crippen molar-refractivity contribution in [2.24, 2.45) is 0 Å². The van der Waals surface area contributed by atoms with E-state index in [0.717, 1.165) is 41.4 Å². The van der Waals surface area contributed by atoms with Gasteiger partial charge in [-0.25, -0.2) is 0 Å². The van der Waals surface area contributed by atoms with Gasteiger partial charge in [0.1, 0.15) is 11.5 Å². The lowest BCUT2D eigenvalue weighted by molar-refractivity contribution is -0.130. The predicted molar refractivity (Wildman–Crippen MR) is 103 cm³/mol. The summed E-state index contributed by atoms with van der Waals surface area (Å²) < 4.78 is 10.8. The van der Waals surface area contributed by atoms with Gasteiger partial charge >= 0.3 is 0 Å². The second kappa shape index (κ2) is 8.13. The fourth-order valence-corrected chi connectivity index (χ4v) is 3.41. The fourth-order valence-electron chi connectivity index (χ4n) is 3.41. The Bertz CT molecular complexity index is 768. The van der Waals surface area contributed by atoms with Crippen LogP contribution in [0.2, 0.25) is 0 Å². The molecule has 1 aliphatic rings. The van der Waals surface area contributed by atoms with Crippen molar-refractivity contribution in [3.05, 3.63) is 53.6 Å². The average Bonchev–Trinajstić information content (AvgIpc) is 2.68. The van der Waals surface area contributed by atoms with Crippen molar-refractivity contribution in [1.29, 1.82) is 0 Å². The molecular weight excluding hydrogens is 328 g/mol. The first kappa shape index (κ1) is 18.1. The molecule has 26 heavy (non-hydrogen) atoms. The zero-order valence-electron chi connectivity index (χ0n) is 15.7. The molecule has 3 rings (SSSR count). The van der Waals surface area contributed by atoms with E-state index >= 15 is 0 Å². The van der Waals surface area contributed by atoms with E-state index in [4.69, 9.17) is 9.47 Å². The van der Waals surface area contributed by atoms with Gasteiger partial charge in [-0.05, 0) is 25.1 Å². The summed E-state index contributed by atoms with van der Waals surface area (Å²) in [6.45, 7) is 5.06. The van der Waals surface area contributed by atoms with E-state index in [-0.39, 0.29) is 5.91 Å². The molecule has 1 fully saturated rings. The maximum Gasteiger partial charge on any atom is 0.227 e. The van der Waals surface area contributed by atoms with Crippen molar-refractivity contribution in [3.63, 3.8) is 0 Å². The van der Waals surface area contributed by atoms with Gasteiger partial charge < -0.3 is 19.3 Å². The molecule has 0 atom stereocenters. The maximum atomic E-state index is 12.7. The molecule has 0 aliphatic carbocycles. The molecule has 1 aliphatic heterocycles. The van der Waals surface area contributed by atoms with Gasteiger partial charge in [-0.3, -0.25) is 4.79 Å². The quantitative estimate of drug-likeness (QED) is 0.828. The topological polar surface area (TPSA) is 42.0 Å². The van der Waals surface area contributed by atoms with Gasteiger partial charge in [0.2, 0.25) is 5.91 Å². The Morgan fingerprint density at radius 2 is 1.65 bits per heavy atom. The number of ether oxygens (including phenoxy) is 2. The first-order valence-corrected chi connectivity index (χ1v) is 8.91. The van der Waals surface area contributed by atoms with Crippen molar-refractivity contribution in [2.75, 3.05) is 45.3 Å². The summed E-state index contributed by atoms with van der Waals surface area (Å²) in [5.74, 6) is 1.79. The Hall–Kier alpha value is -2.69. The van der Waals surface area contributed by atoms with Crippen LogP contribution in [0.1, 0.15) is 11.1 Å². The predicted octanol–water partition coefficient (Wildman–Crippen LogP) is 2.90. The number of piperazine rings is 1. The molecular formula is C21H26N2O3. The van der Waals surface area contributed by atoms with E-state index in [1.165, 1.54) is 0 Å². The van der Waals surface area contributed by atoms with Crippen molar-refractivity contribution < 1.29 is 14.3 Å². The van der Waals surface area contributed by atoms with Crippen LogP contribution in [-0.4, -0.2) is 51.2 Å². The molecule has 2 aromatic carbocycles. The summed E-state index contributed by atoms with van der Waals surface area (Å²) in [5.41, 5.74) is 3.17. The minimum atomic E-state index is 0.147. The minimum Gasteiger partial charge on any atom is -0.496 e. The molecule has 0 radical (unpaired) electrons. The first-order chi connectivity index (χ1) is 12.6. The molecule has 138 valence electrons. The third-order valence-electron chi connectivity index (χ3n) is 4.84. The van der Waals surface area contributed by atoms with Crippen LogP contribution >= 0.6 is 0 Å². The van der Waals surface area contributed by atoms with Crippen molar-refractivity contribution in [2.45, 2.75) is 13.3 Å². The van der Waals surface area contributed by atoms with E-state index in [0.29, 0.717) is 19.5 Å². The summed E-state index contributed by atoms with van der Waals surface area (Å²) in [5, 5.41) is 0. The van der Waals surface area contributed by atoms with Gasteiger partial charge in [0.25, 0.3) is 0 Å². The normalized spacial score (nSPS) is 14.3. The molecule has 0 bridgehead atoms. The number of hydrogen-bond acceptors (Lipinski definition) is 4. The van der Waals surface area contributed by atoms with Crippen molar-refractivity contribution in [3.8, 4) is 11.5 Å². The summed E-state index contributed by atoms with van der Waals surface area (Å²) in [7, 11) is 3.33. The number of carbonyl (C=O) groups is 1. The van der Waals surface area contributed by atoms with Crippen LogP contribution in [0.3, 0.4) is 0 Å². The summed E-state index contributed by atoms with van der Waals surface area (Å²) in [6.07, 6.45) is 0.375. The Kier molecular flexibility index (Phi) is 5.66. The Balaban J connectivity index is 1.63. The largest absolute Gasteiger partial charge is 0.496 e. The highest BCUT2D eigenvalue weighted by Crippen LogP contribution is 2.28. The average molecular weight is 354 g/mol. The molecule has 5 heteroatoms. The number of carbonyl (C=O) groups excluding carboxylic acids is 1. The van der Waals surface area contributed by atoms with E-state index < -0.39 is 0 Å². The molecule has 1 heterocycles. The van der Waals surface area contributed by atoms with E-state index in [1.54, 1.807) is 14.2 Å². The third kappa shape index (κ3) is 3.93. The summed E-state index contributed by atoms with van der Waals surface area (Å²) in [6, 6.07) is 14.0. The van der Waals surface area contributed by atoms with Crippen LogP contribution in [0.4, 0.5) is 5.69 Å². The number of anilines is 1. The van der Waals surface area contributed by atoms with Crippen molar-refractivity contribution >= 4 is 11.6 Å². The van der Waals surface area contributed by atoms with E-state index in [9.17, 15) is 4.79 Å². The smallest absolute Gasteiger partial charge is 0.227 e. The van der Waals surface area contributed by atoms with Gasteiger partial charge in [0.05, 0.1) is 26.3 Å². The standard InChI is InChI=1S/C21H26N2O3/c1-16-8-9-19(25-2)17(14-16)15-21(24)23-12-10-22(11-13-23)18-6-4-5-7-20(18)26-3/h4-9,14H,10-13,15H2,1-3H3. The van der Waals surface area contributed by atoms with Gasteiger partial charge in [-0.1, -0.05) is 29.8 Å². The lowest BCUT2D eigenvalue weighted by atomic mass is 10.1. The Morgan fingerprint density at radius 3 is 2.35 bits per heavy atom. The summed E-state index contributed by atoms with van der Waals surface area (Å²) in [4.78, 5) is 17.0. The van der Waals surface area contributed by atoms with E-state index in [2.05, 4.69) is 11.0 Å². The van der Waals surface area contributed by atoms with Crippen molar-refractivity contribution in [1.82, 2.24) is 4.90 Å². The number of benzene rings is 2. The monoisotopic (exact) mass is 354 g/mol. The molecule has 0 aromatic heterocycles. The SMILES string of the molecule is COc1ccc(C)cc1CC(=O)N1CCN(c2ccccc2OC)CC1. The Morgan fingerprint density at radius 1 is 0.962 bits per heavy atom. The van der Waals surface area contributed by atoms with Gasteiger partial charge in [-0.2, -0.15) is 0 Å². The molecule has 0 unspecified atom stereocenters. The first-order valence-electron chi connectivity index (χ1n) is 8.91. The molecule has 0 saturated carbocycles. The van der Waals surface area contributed by atoms with Crippen LogP contribution < -0.4 is 14.4 Å². The molecule has 2 aromatic rings. The second-order valence-electron chi connectivity index (χ2n) is 6.53. The summed E-state index contributed by atoms with van der Waals surface area (Å²) >= 11 is 0. The fraction of sp³-hybridized carbons (Fsp3) is 0.381. The maximum absolute atomic E-state index is 12.7. The third-order valence-corrected chi connectivity index (χ3v) is 4.84. The van der Waals surface area contributed by atoms with Gasteiger partial charge in [0, 0.05) is 31.7 Å². The molecule has 0 spiro atoms. The number of amides is 1. The lowest BCUT2D eigenvalue weighted by Crippen LogP contribution is -2.49. The van der Waals surface area contributed by atoms with Gasteiger partial charge in [-0.15, -0.1) is 0 Å². The van der Waals surface area contributed by atoms with E-state index in [1.807, 2.05) is 48.2 Å². The second-order valence-corrected chi connectivity index (χ2v) is 6.53. The highest BCUT2D eigenvalue weighted by molar-refractivity contribution is 5.80.